The van der Waals surface area contributed by atoms with Gasteiger partial charge in [-0.05, 0) is 25.1 Å². The highest BCUT2D eigenvalue weighted by Crippen LogP contribution is 2.14. The molecular formula is C16H16N4O2. The fourth-order valence-electron chi connectivity index (χ4n) is 2.41. The Labute approximate surface area is 126 Å². The van der Waals surface area contributed by atoms with E-state index in [2.05, 4.69) is 19.9 Å². The fraction of sp³-hybridized carbons (Fsp3) is 0.188. The van der Waals surface area contributed by atoms with Crippen molar-refractivity contribution in [3.05, 3.63) is 64.3 Å². The van der Waals surface area contributed by atoms with E-state index in [1.165, 1.54) is 18.3 Å². The molecule has 3 aromatic rings. The minimum atomic E-state index is -0.225. The number of carbonyl (C=O) groups is 1. The summed E-state index contributed by atoms with van der Waals surface area (Å²) < 4.78 is 2.07. The molecule has 0 aliphatic rings. The van der Waals surface area contributed by atoms with Crippen LogP contribution in [0.4, 0.5) is 0 Å². The van der Waals surface area contributed by atoms with Crippen LogP contribution in [0.1, 0.15) is 16.2 Å². The Morgan fingerprint density at radius 3 is 2.86 bits per heavy atom. The van der Waals surface area contributed by atoms with Crippen molar-refractivity contribution in [2.24, 2.45) is 0 Å². The number of fused-ring (bicyclic) bond motifs is 1. The van der Waals surface area contributed by atoms with Gasteiger partial charge >= 0.3 is 0 Å². The van der Waals surface area contributed by atoms with Crippen LogP contribution in [0.3, 0.4) is 0 Å². The van der Waals surface area contributed by atoms with Crippen molar-refractivity contribution in [3.8, 4) is 0 Å². The molecule has 0 bridgehead atoms. The molecule has 0 aliphatic heterocycles. The van der Waals surface area contributed by atoms with E-state index in [9.17, 15) is 9.59 Å². The number of amides is 1. The standard InChI is InChI=1S/C16H16N4O2/c1-11-19-13-4-2-3-5-14(13)20(11)9-8-17-16(22)12-6-7-15(21)18-10-12/h2-7,10H,8-9H2,1H3,(H,17,22)(H,18,21). The number of aromatic amines is 1. The number of carbonyl (C=O) groups excluding carboxylic acids is 1. The molecule has 0 unspecified atom stereocenters. The summed E-state index contributed by atoms with van der Waals surface area (Å²) in [5, 5.41) is 2.84. The molecule has 0 saturated carbocycles. The summed E-state index contributed by atoms with van der Waals surface area (Å²) in [4.78, 5) is 29.9. The van der Waals surface area contributed by atoms with Crippen molar-refractivity contribution in [2.45, 2.75) is 13.5 Å². The average molecular weight is 296 g/mol. The van der Waals surface area contributed by atoms with Crippen LogP contribution in [-0.2, 0) is 6.54 Å². The van der Waals surface area contributed by atoms with Gasteiger partial charge < -0.3 is 14.9 Å². The topological polar surface area (TPSA) is 79.8 Å². The molecular weight excluding hydrogens is 280 g/mol. The lowest BCUT2D eigenvalue weighted by Crippen LogP contribution is -2.28. The third-order valence-corrected chi connectivity index (χ3v) is 3.51. The maximum atomic E-state index is 12.0. The van der Waals surface area contributed by atoms with E-state index in [1.807, 2.05) is 31.2 Å². The summed E-state index contributed by atoms with van der Waals surface area (Å²) in [5.74, 6) is 0.706. The van der Waals surface area contributed by atoms with Gasteiger partial charge in [-0.1, -0.05) is 12.1 Å². The number of pyridine rings is 1. The number of benzene rings is 1. The lowest BCUT2D eigenvalue weighted by atomic mass is 10.2. The van der Waals surface area contributed by atoms with Crippen LogP contribution in [0, 0.1) is 6.92 Å². The minimum absolute atomic E-state index is 0.210. The van der Waals surface area contributed by atoms with Gasteiger partial charge in [0, 0.05) is 25.4 Å². The Balaban J connectivity index is 1.67. The Hall–Kier alpha value is -2.89. The summed E-state index contributed by atoms with van der Waals surface area (Å²) in [7, 11) is 0. The van der Waals surface area contributed by atoms with Crippen LogP contribution >= 0.6 is 0 Å². The number of rotatable bonds is 4. The molecule has 112 valence electrons. The second kappa shape index (κ2) is 5.85. The molecule has 6 nitrogen and oxygen atoms in total. The number of aryl methyl sites for hydroxylation is 1. The van der Waals surface area contributed by atoms with E-state index in [4.69, 9.17) is 0 Å². The normalized spacial score (nSPS) is 10.8. The van der Waals surface area contributed by atoms with Crippen LogP contribution in [0.2, 0.25) is 0 Å². The molecule has 0 saturated heterocycles. The molecule has 2 aromatic heterocycles. The van der Waals surface area contributed by atoms with Crippen molar-refractivity contribution >= 4 is 16.9 Å². The van der Waals surface area contributed by atoms with E-state index in [0.717, 1.165) is 16.9 Å². The molecule has 0 spiro atoms. The second-order valence-electron chi connectivity index (χ2n) is 5.00. The lowest BCUT2D eigenvalue weighted by molar-refractivity contribution is 0.0952. The van der Waals surface area contributed by atoms with Gasteiger partial charge in [-0.2, -0.15) is 0 Å². The second-order valence-corrected chi connectivity index (χ2v) is 5.00. The molecule has 2 heterocycles. The van der Waals surface area contributed by atoms with E-state index < -0.39 is 0 Å². The highest BCUT2D eigenvalue weighted by Gasteiger charge is 2.08. The summed E-state index contributed by atoms with van der Waals surface area (Å²) >= 11 is 0. The number of nitrogens with zero attached hydrogens (tertiary/aromatic N) is 2. The van der Waals surface area contributed by atoms with Crippen LogP contribution in [0.15, 0.2) is 47.4 Å². The zero-order valence-corrected chi connectivity index (χ0v) is 12.2. The maximum Gasteiger partial charge on any atom is 0.252 e. The van der Waals surface area contributed by atoms with Crippen molar-refractivity contribution < 1.29 is 4.79 Å². The molecule has 1 amide bonds. The maximum absolute atomic E-state index is 12.0. The fourth-order valence-corrected chi connectivity index (χ4v) is 2.41. The van der Waals surface area contributed by atoms with E-state index in [0.29, 0.717) is 18.7 Å². The van der Waals surface area contributed by atoms with E-state index in [1.54, 1.807) is 0 Å². The van der Waals surface area contributed by atoms with Crippen molar-refractivity contribution in [1.82, 2.24) is 19.9 Å². The molecule has 22 heavy (non-hydrogen) atoms. The molecule has 0 radical (unpaired) electrons. The number of H-pyrrole nitrogens is 1. The number of nitrogens with one attached hydrogen (secondary N) is 2. The third kappa shape index (κ3) is 2.76. The average Bonchev–Trinajstić information content (AvgIpc) is 2.84. The zero-order chi connectivity index (χ0) is 15.5. The largest absolute Gasteiger partial charge is 0.350 e. The first-order valence-corrected chi connectivity index (χ1v) is 7.04. The first kappa shape index (κ1) is 14.1. The molecule has 3 rings (SSSR count). The highest BCUT2D eigenvalue weighted by molar-refractivity contribution is 5.93. The van der Waals surface area contributed by atoms with Gasteiger partial charge in [0.25, 0.3) is 5.91 Å². The van der Waals surface area contributed by atoms with Gasteiger partial charge in [0.05, 0.1) is 16.6 Å². The Morgan fingerprint density at radius 2 is 2.09 bits per heavy atom. The van der Waals surface area contributed by atoms with Crippen LogP contribution < -0.4 is 10.9 Å². The monoisotopic (exact) mass is 296 g/mol. The van der Waals surface area contributed by atoms with Crippen molar-refractivity contribution in [3.63, 3.8) is 0 Å². The number of para-hydroxylation sites is 2. The van der Waals surface area contributed by atoms with E-state index >= 15 is 0 Å². The lowest BCUT2D eigenvalue weighted by Gasteiger charge is -2.08. The molecule has 0 aliphatic carbocycles. The zero-order valence-electron chi connectivity index (χ0n) is 12.2. The van der Waals surface area contributed by atoms with Gasteiger partial charge in [0.1, 0.15) is 5.82 Å². The van der Waals surface area contributed by atoms with Crippen LogP contribution in [0.25, 0.3) is 11.0 Å². The van der Waals surface area contributed by atoms with E-state index in [-0.39, 0.29) is 11.5 Å². The Morgan fingerprint density at radius 1 is 1.27 bits per heavy atom. The number of hydrogen-bond acceptors (Lipinski definition) is 3. The van der Waals surface area contributed by atoms with Gasteiger partial charge in [-0.15, -0.1) is 0 Å². The Bertz CT molecular complexity index is 859. The van der Waals surface area contributed by atoms with Gasteiger partial charge in [-0.3, -0.25) is 9.59 Å². The summed E-state index contributed by atoms with van der Waals surface area (Å²) in [6.07, 6.45) is 1.41. The summed E-state index contributed by atoms with van der Waals surface area (Å²) in [5.41, 5.74) is 2.22. The van der Waals surface area contributed by atoms with Crippen LogP contribution in [0.5, 0.6) is 0 Å². The molecule has 0 fully saturated rings. The smallest absolute Gasteiger partial charge is 0.252 e. The third-order valence-electron chi connectivity index (χ3n) is 3.51. The number of hydrogen-bond donors (Lipinski definition) is 2. The Kier molecular flexibility index (Phi) is 3.74. The summed E-state index contributed by atoms with van der Waals surface area (Å²) in [6.45, 7) is 3.07. The van der Waals surface area contributed by atoms with Gasteiger partial charge in [0.15, 0.2) is 0 Å². The predicted molar refractivity (Wildman–Crippen MR) is 83.9 cm³/mol. The molecule has 1 aromatic carbocycles. The van der Waals surface area contributed by atoms with Crippen molar-refractivity contribution in [2.75, 3.05) is 6.54 Å². The number of aromatic nitrogens is 3. The first-order chi connectivity index (χ1) is 10.6. The molecule has 2 N–H and O–H groups in total. The molecule has 0 atom stereocenters. The minimum Gasteiger partial charge on any atom is -0.350 e. The van der Waals surface area contributed by atoms with Crippen LogP contribution in [-0.4, -0.2) is 27.0 Å². The predicted octanol–water partition coefficient (Wildman–Crippen LogP) is 1.46. The highest BCUT2D eigenvalue weighted by atomic mass is 16.1. The SMILES string of the molecule is Cc1nc2ccccc2n1CCNC(=O)c1ccc(=O)[nH]c1. The number of imidazole rings is 1. The van der Waals surface area contributed by atoms with Gasteiger partial charge in [0.2, 0.25) is 5.56 Å². The summed E-state index contributed by atoms with van der Waals surface area (Å²) in [6, 6.07) is 10.8. The first-order valence-electron chi connectivity index (χ1n) is 7.04. The van der Waals surface area contributed by atoms with Gasteiger partial charge in [-0.25, -0.2) is 4.98 Å². The quantitative estimate of drug-likeness (QED) is 0.765. The molecule has 6 heteroatoms. The van der Waals surface area contributed by atoms with Crippen molar-refractivity contribution in [1.29, 1.82) is 0 Å².